The summed E-state index contributed by atoms with van der Waals surface area (Å²) in [6.07, 6.45) is 0. The van der Waals surface area contributed by atoms with E-state index in [1.807, 2.05) is 0 Å². The van der Waals surface area contributed by atoms with Gasteiger partial charge >= 0.3 is 0 Å². The van der Waals surface area contributed by atoms with E-state index < -0.39 is 0 Å². The van der Waals surface area contributed by atoms with Gasteiger partial charge in [-0.25, -0.2) is 9.37 Å². The van der Waals surface area contributed by atoms with Crippen molar-refractivity contribution in [1.29, 1.82) is 0 Å². The van der Waals surface area contributed by atoms with Gasteiger partial charge in [0, 0.05) is 0 Å². The Labute approximate surface area is 75.6 Å². The molecule has 1 aromatic rings. The molecule has 12 heavy (non-hydrogen) atoms. The fourth-order valence-corrected chi connectivity index (χ4v) is 0.804. The first-order valence-corrected chi connectivity index (χ1v) is 3.95. The van der Waals surface area contributed by atoms with E-state index >= 15 is 0 Å². The molecular formula is C9H7ClFN. The van der Waals surface area contributed by atoms with E-state index in [9.17, 15) is 4.39 Å². The first kappa shape index (κ1) is 9.02. The molecule has 0 aromatic carbocycles. The number of rotatable bonds is 0. The van der Waals surface area contributed by atoms with E-state index in [1.54, 1.807) is 6.92 Å². The van der Waals surface area contributed by atoms with Crippen molar-refractivity contribution in [3.8, 4) is 11.8 Å². The van der Waals surface area contributed by atoms with E-state index in [0.29, 0.717) is 11.4 Å². The van der Waals surface area contributed by atoms with Crippen molar-refractivity contribution in [2.45, 2.75) is 6.92 Å². The Morgan fingerprint density at radius 1 is 1.58 bits per heavy atom. The van der Waals surface area contributed by atoms with Gasteiger partial charge < -0.3 is 0 Å². The van der Waals surface area contributed by atoms with Crippen LogP contribution in [0.2, 0.25) is 0 Å². The van der Waals surface area contributed by atoms with Crippen LogP contribution in [0.4, 0.5) is 4.39 Å². The summed E-state index contributed by atoms with van der Waals surface area (Å²) in [5, 5.41) is 0. The summed E-state index contributed by atoms with van der Waals surface area (Å²) in [5.41, 5.74) is 0.908. The van der Waals surface area contributed by atoms with E-state index in [-0.39, 0.29) is 11.7 Å². The predicted octanol–water partition coefficient (Wildman–Crippen LogP) is 2.12. The number of halogens is 2. The van der Waals surface area contributed by atoms with Gasteiger partial charge in [-0.2, -0.15) is 0 Å². The van der Waals surface area contributed by atoms with Crippen LogP contribution in [0, 0.1) is 24.6 Å². The van der Waals surface area contributed by atoms with Crippen molar-refractivity contribution in [2.75, 3.05) is 5.88 Å². The molecule has 62 valence electrons. The van der Waals surface area contributed by atoms with Crippen molar-refractivity contribution < 1.29 is 4.39 Å². The molecule has 0 atom stereocenters. The molecule has 0 bridgehead atoms. The molecule has 0 saturated carbocycles. The maximum absolute atomic E-state index is 12.7. The van der Waals surface area contributed by atoms with Crippen molar-refractivity contribution in [3.05, 3.63) is 29.3 Å². The van der Waals surface area contributed by atoms with Gasteiger partial charge in [0.25, 0.3) is 0 Å². The van der Waals surface area contributed by atoms with Crippen molar-refractivity contribution in [1.82, 2.24) is 4.98 Å². The Morgan fingerprint density at radius 3 is 2.92 bits per heavy atom. The number of hydrogen-bond acceptors (Lipinski definition) is 1. The summed E-state index contributed by atoms with van der Waals surface area (Å²) in [5.74, 6) is 5.29. The van der Waals surface area contributed by atoms with Crippen LogP contribution in [0.15, 0.2) is 12.1 Å². The lowest BCUT2D eigenvalue weighted by Crippen LogP contribution is -1.90. The SMILES string of the molecule is Cc1nc(C#CCCl)ccc1F. The van der Waals surface area contributed by atoms with Crippen LogP contribution < -0.4 is 0 Å². The highest BCUT2D eigenvalue weighted by molar-refractivity contribution is 6.19. The number of hydrogen-bond donors (Lipinski definition) is 0. The number of aryl methyl sites for hydroxylation is 1. The van der Waals surface area contributed by atoms with E-state index in [2.05, 4.69) is 16.8 Å². The minimum atomic E-state index is -0.313. The molecule has 0 aliphatic carbocycles. The molecule has 1 heterocycles. The smallest absolute Gasteiger partial charge is 0.144 e. The topological polar surface area (TPSA) is 12.9 Å². The molecule has 1 aromatic heterocycles. The summed E-state index contributed by atoms with van der Waals surface area (Å²) in [7, 11) is 0. The lowest BCUT2D eigenvalue weighted by atomic mass is 10.3. The van der Waals surface area contributed by atoms with Crippen LogP contribution in [0.3, 0.4) is 0 Å². The Kier molecular flexibility index (Phi) is 3.07. The second-order valence-corrected chi connectivity index (χ2v) is 2.47. The summed E-state index contributed by atoms with van der Waals surface area (Å²) in [6, 6.07) is 2.88. The van der Waals surface area contributed by atoms with Gasteiger partial charge in [-0.15, -0.1) is 11.6 Å². The third kappa shape index (κ3) is 2.21. The van der Waals surface area contributed by atoms with E-state index in [4.69, 9.17) is 11.6 Å². The largest absolute Gasteiger partial charge is 0.242 e. The summed E-state index contributed by atoms with van der Waals surface area (Å²) in [4.78, 5) is 3.90. The molecule has 0 saturated heterocycles. The van der Waals surface area contributed by atoms with Gasteiger partial charge in [0.1, 0.15) is 11.5 Å². The van der Waals surface area contributed by atoms with Crippen LogP contribution in [-0.4, -0.2) is 10.9 Å². The Balaban J connectivity index is 2.97. The minimum absolute atomic E-state index is 0.262. The van der Waals surface area contributed by atoms with Crippen molar-refractivity contribution in [2.24, 2.45) is 0 Å². The van der Waals surface area contributed by atoms with Crippen LogP contribution in [-0.2, 0) is 0 Å². The number of nitrogens with zero attached hydrogens (tertiary/aromatic N) is 1. The Morgan fingerprint density at radius 2 is 2.33 bits per heavy atom. The molecule has 0 aliphatic heterocycles. The van der Waals surface area contributed by atoms with Gasteiger partial charge in [0.2, 0.25) is 0 Å². The number of aromatic nitrogens is 1. The zero-order chi connectivity index (χ0) is 8.97. The highest BCUT2D eigenvalue weighted by Gasteiger charge is 1.96. The van der Waals surface area contributed by atoms with Crippen LogP contribution in [0.5, 0.6) is 0 Å². The average molecular weight is 184 g/mol. The van der Waals surface area contributed by atoms with Crippen LogP contribution in [0.1, 0.15) is 11.4 Å². The molecule has 0 amide bonds. The monoisotopic (exact) mass is 183 g/mol. The highest BCUT2D eigenvalue weighted by atomic mass is 35.5. The summed E-state index contributed by atoms with van der Waals surface area (Å²) >= 11 is 5.35. The van der Waals surface area contributed by atoms with Gasteiger partial charge in [0.15, 0.2) is 0 Å². The van der Waals surface area contributed by atoms with Crippen LogP contribution in [0.25, 0.3) is 0 Å². The Bertz CT molecular complexity index is 338. The highest BCUT2D eigenvalue weighted by Crippen LogP contribution is 2.02. The predicted molar refractivity (Wildman–Crippen MR) is 46.5 cm³/mol. The van der Waals surface area contributed by atoms with Gasteiger partial charge in [0.05, 0.1) is 11.6 Å². The van der Waals surface area contributed by atoms with E-state index in [0.717, 1.165) is 0 Å². The zero-order valence-electron chi connectivity index (χ0n) is 6.56. The molecule has 3 heteroatoms. The summed E-state index contributed by atoms with van der Waals surface area (Å²) in [6.45, 7) is 1.60. The maximum Gasteiger partial charge on any atom is 0.144 e. The van der Waals surface area contributed by atoms with Gasteiger partial charge in [-0.05, 0) is 25.0 Å². The third-order valence-electron chi connectivity index (χ3n) is 1.30. The second-order valence-electron chi connectivity index (χ2n) is 2.20. The van der Waals surface area contributed by atoms with Crippen LogP contribution >= 0.6 is 11.6 Å². The van der Waals surface area contributed by atoms with Crippen molar-refractivity contribution >= 4 is 11.6 Å². The molecule has 1 nitrogen and oxygen atoms in total. The Hall–Kier alpha value is -1.07. The normalized spacial score (nSPS) is 8.92. The summed E-state index contributed by atoms with van der Waals surface area (Å²) < 4.78 is 12.7. The molecule has 0 aliphatic rings. The zero-order valence-corrected chi connectivity index (χ0v) is 7.32. The molecule has 0 unspecified atom stereocenters. The van der Waals surface area contributed by atoms with E-state index in [1.165, 1.54) is 12.1 Å². The first-order chi connectivity index (χ1) is 5.74. The third-order valence-corrected chi connectivity index (χ3v) is 1.44. The quantitative estimate of drug-likeness (QED) is 0.444. The first-order valence-electron chi connectivity index (χ1n) is 3.42. The fraction of sp³-hybridized carbons (Fsp3) is 0.222. The van der Waals surface area contributed by atoms with Gasteiger partial charge in [-0.3, -0.25) is 0 Å². The standard InChI is InChI=1S/C9H7ClFN/c1-7-9(11)5-4-8(12-7)3-2-6-10/h4-5H,6H2,1H3. The molecule has 0 spiro atoms. The molecular weight excluding hydrogens is 177 g/mol. The number of alkyl halides is 1. The maximum atomic E-state index is 12.7. The molecule has 0 N–H and O–H groups in total. The second kappa shape index (κ2) is 4.08. The minimum Gasteiger partial charge on any atom is -0.242 e. The van der Waals surface area contributed by atoms with Crippen molar-refractivity contribution in [3.63, 3.8) is 0 Å². The van der Waals surface area contributed by atoms with Gasteiger partial charge in [-0.1, -0.05) is 5.92 Å². The molecule has 0 fully saturated rings. The fourth-order valence-electron chi connectivity index (χ4n) is 0.738. The average Bonchev–Trinajstić information content (AvgIpc) is 2.07. The lowest BCUT2D eigenvalue weighted by Gasteiger charge is -1.94. The molecule has 1 rings (SSSR count). The number of pyridine rings is 1. The molecule has 0 radical (unpaired) electrons. The lowest BCUT2D eigenvalue weighted by molar-refractivity contribution is 0.609.